The molecule has 0 aliphatic carbocycles. The van der Waals surface area contributed by atoms with Crippen LogP contribution in [0.5, 0.6) is 11.5 Å². The molecule has 0 fully saturated rings. The first-order chi connectivity index (χ1) is 15.2. The molecule has 0 saturated carbocycles. The van der Waals surface area contributed by atoms with Gasteiger partial charge in [-0.15, -0.1) is 0 Å². The fraction of sp³-hybridized carbons (Fsp3) is 0.520. The molecule has 0 aromatic heterocycles. The second kappa shape index (κ2) is 16.6. The fourth-order valence-electron chi connectivity index (χ4n) is 3.40. The van der Waals surface area contributed by atoms with E-state index in [2.05, 4.69) is 100 Å². The smallest absolute Gasteiger partial charge is 0.119 e. The van der Waals surface area contributed by atoms with Crippen LogP contribution >= 0.6 is 63.7 Å². The number of benzene rings is 2. The van der Waals surface area contributed by atoms with Crippen LogP contribution in [-0.4, -0.2) is 13.2 Å². The maximum absolute atomic E-state index is 5.96. The molecule has 0 radical (unpaired) electrons. The summed E-state index contributed by atoms with van der Waals surface area (Å²) < 4.78 is 11.9. The molecule has 172 valence electrons. The molecule has 0 aliphatic heterocycles. The summed E-state index contributed by atoms with van der Waals surface area (Å²) in [4.78, 5) is 0. The molecule has 2 nitrogen and oxygen atoms in total. The Morgan fingerprint density at radius 3 is 1.00 bits per heavy atom. The summed E-state index contributed by atoms with van der Waals surface area (Å²) in [5.74, 6) is 1.97. The minimum atomic E-state index is 0.797. The van der Waals surface area contributed by atoms with Crippen LogP contribution in [0.25, 0.3) is 0 Å². The van der Waals surface area contributed by atoms with E-state index in [1.165, 1.54) is 54.4 Å². The number of hydrogen-bond acceptors (Lipinski definition) is 2. The van der Waals surface area contributed by atoms with E-state index in [0.717, 1.165) is 58.9 Å². The summed E-state index contributed by atoms with van der Waals surface area (Å²) in [5.41, 5.74) is 5.04. The molecular formula is C25H32Br4O2. The van der Waals surface area contributed by atoms with Crippen molar-refractivity contribution < 1.29 is 9.47 Å². The highest BCUT2D eigenvalue weighted by molar-refractivity contribution is 9.09. The predicted molar refractivity (Wildman–Crippen MR) is 147 cm³/mol. The van der Waals surface area contributed by atoms with E-state index in [0.29, 0.717) is 0 Å². The highest BCUT2D eigenvalue weighted by atomic mass is 79.9. The molecular weight excluding hydrogens is 652 g/mol. The third-order valence-corrected chi connectivity index (χ3v) is 7.59. The molecule has 0 N–H and O–H groups in total. The minimum Gasteiger partial charge on any atom is -0.494 e. The van der Waals surface area contributed by atoms with Gasteiger partial charge in [0, 0.05) is 21.3 Å². The zero-order valence-electron chi connectivity index (χ0n) is 18.0. The third kappa shape index (κ3) is 11.1. The second-order valence-corrected chi connectivity index (χ2v) is 9.92. The number of ether oxygens (including phenoxy) is 2. The topological polar surface area (TPSA) is 18.5 Å². The third-order valence-electron chi connectivity index (χ3n) is 5.00. The normalized spacial score (nSPS) is 11.0. The van der Waals surface area contributed by atoms with Crippen LogP contribution in [-0.2, 0) is 21.3 Å². The van der Waals surface area contributed by atoms with E-state index < -0.39 is 0 Å². The van der Waals surface area contributed by atoms with E-state index in [1.807, 2.05) is 0 Å². The van der Waals surface area contributed by atoms with Gasteiger partial charge in [0.15, 0.2) is 0 Å². The summed E-state index contributed by atoms with van der Waals surface area (Å²) in [6.45, 7) is 1.59. The number of rotatable bonds is 16. The average molecular weight is 684 g/mol. The molecule has 0 unspecified atom stereocenters. The number of alkyl halides is 4. The highest BCUT2D eigenvalue weighted by Crippen LogP contribution is 2.22. The number of halogens is 4. The zero-order valence-corrected chi connectivity index (χ0v) is 24.3. The van der Waals surface area contributed by atoms with E-state index >= 15 is 0 Å². The van der Waals surface area contributed by atoms with Gasteiger partial charge < -0.3 is 9.47 Å². The van der Waals surface area contributed by atoms with Crippen molar-refractivity contribution in [2.45, 2.75) is 66.3 Å². The SMILES string of the molecule is BrCc1cc(CBr)cc(OCCCCCCCCCOc2cc(CBr)cc(CBr)c2)c1. The van der Waals surface area contributed by atoms with Crippen molar-refractivity contribution in [1.29, 1.82) is 0 Å². The van der Waals surface area contributed by atoms with Gasteiger partial charge in [0.05, 0.1) is 13.2 Å². The standard InChI is InChI=1S/C25H32Br4O2/c26-16-20-10-21(17-27)13-24(12-20)30-8-6-4-2-1-3-5-7-9-31-25-14-22(18-28)11-23(15-25)19-29/h10-15H,1-9,16-19H2. The van der Waals surface area contributed by atoms with Crippen LogP contribution in [0.3, 0.4) is 0 Å². The largest absolute Gasteiger partial charge is 0.494 e. The van der Waals surface area contributed by atoms with E-state index in [4.69, 9.17) is 9.47 Å². The maximum atomic E-state index is 5.96. The molecule has 0 atom stereocenters. The van der Waals surface area contributed by atoms with Crippen LogP contribution in [0.15, 0.2) is 36.4 Å². The number of hydrogen-bond donors (Lipinski definition) is 0. The zero-order chi connectivity index (χ0) is 22.3. The lowest BCUT2D eigenvalue weighted by Gasteiger charge is -2.10. The van der Waals surface area contributed by atoms with Crippen LogP contribution in [0.2, 0.25) is 0 Å². The second-order valence-electron chi connectivity index (χ2n) is 7.68. The Labute approximate surface area is 221 Å². The highest BCUT2D eigenvalue weighted by Gasteiger charge is 2.03. The van der Waals surface area contributed by atoms with E-state index in [1.54, 1.807) is 0 Å². The van der Waals surface area contributed by atoms with Gasteiger partial charge in [0.2, 0.25) is 0 Å². The monoisotopic (exact) mass is 680 g/mol. The average Bonchev–Trinajstić information content (AvgIpc) is 2.81. The van der Waals surface area contributed by atoms with Crippen molar-refractivity contribution in [3.8, 4) is 11.5 Å². The molecule has 0 aliphatic rings. The van der Waals surface area contributed by atoms with Gasteiger partial charge in [-0.3, -0.25) is 0 Å². The Hall–Kier alpha value is -0.0400. The van der Waals surface area contributed by atoms with Crippen molar-refractivity contribution in [3.63, 3.8) is 0 Å². The van der Waals surface area contributed by atoms with Crippen molar-refractivity contribution in [2.24, 2.45) is 0 Å². The lowest BCUT2D eigenvalue weighted by atomic mass is 10.1. The molecule has 2 rings (SSSR count). The molecule has 6 heteroatoms. The lowest BCUT2D eigenvalue weighted by molar-refractivity contribution is 0.299. The molecule has 31 heavy (non-hydrogen) atoms. The quantitative estimate of drug-likeness (QED) is 0.130. The summed E-state index contributed by atoms with van der Waals surface area (Å²) in [6, 6.07) is 12.9. The van der Waals surface area contributed by atoms with Crippen LogP contribution in [0.1, 0.15) is 67.2 Å². The molecule has 0 bridgehead atoms. The van der Waals surface area contributed by atoms with Gasteiger partial charge in [-0.2, -0.15) is 0 Å². The lowest BCUT2D eigenvalue weighted by Crippen LogP contribution is -1.99. The van der Waals surface area contributed by atoms with E-state index in [-0.39, 0.29) is 0 Å². The van der Waals surface area contributed by atoms with Crippen LogP contribution in [0, 0.1) is 0 Å². The van der Waals surface area contributed by atoms with Gasteiger partial charge in [-0.05, 0) is 59.4 Å². The molecule has 0 saturated heterocycles. The predicted octanol–water partition coefficient (Wildman–Crippen LogP) is 9.45. The summed E-state index contributed by atoms with van der Waals surface area (Å²) in [7, 11) is 0. The first kappa shape index (κ1) is 27.2. The Kier molecular flexibility index (Phi) is 14.5. The molecule has 2 aromatic carbocycles. The van der Waals surface area contributed by atoms with E-state index in [9.17, 15) is 0 Å². The Bertz CT molecular complexity index is 659. The number of unbranched alkanes of at least 4 members (excludes halogenated alkanes) is 6. The van der Waals surface area contributed by atoms with Gasteiger partial charge in [0.1, 0.15) is 11.5 Å². The van der Waals surface area contributed by atoms with Gasteiger partial charge >= 0.3 is 0 Å². The Morgan fingerprint density at radius 2 is 0.710 bits per heavy atom. The van der Waals surface area contributed by atoms with Crippen molar-refractivity contribution in [1.82, 2.24) is 0 Å². The van der Waals surface area contributed by atoms with Gasteiger partial charge in [-0.1, -0.05) is 108 Å². The summed E-state index contributed by atoms with van der Waals surface area (Å²) in [6.07, 6.45) is 8.54. The molecule has 0 amide bonds. The first-order valence-electron chi connectivity index (χ1n) is 10.9. The Balaban J connectivity index is 1.50. The van der Waals surface area contributed by atoms with Crippen molar-refractivity contribution in [2.75, 3.05) is 13.2 Å². The molecule has 0 heterocycles. The van der Waals surface area contributed by atoms with Crippen LogP contribution < -0.4 is 9.47 Å². The van der Waals surface area contributed by atoms with Gasteiger partial charge in [-0.25, -0.2) is 0 Å². The first-order valence-corrected chi connectivity index (χ1v) is 15.4. The molecule has 2 aromatic rings. The minimum absolute atomic E-state index is 0.797. The van der Waals surface area contributed by atoms with Crippen LogP contribution in [0.4, 0.5) is 0 Å². The molecule has 0 spiro atoms. The maximum Gasteiger partial charge on any atom is 0.119 e. The summed E-state index contributed by atoms with van der Waals surface area (Å²) in [5, 5.41) is 3.43. The fourth-order valence-corrected chi connectivity index (χ4v) is 4.70. The van der Waals surface area contributed by atoms with Crippen molar-refractivity contribution in [3.05, 3.63) is 58.7 Å². The van der Waals surface area contributed by atoms with Crippen molar-refractivity contribution >= 4 is 63.7 Å². The summed E-state index contributed by atoms with van der Waals surface area (Å²) >= 11 is 14.1. The van der Waals surface area contributed by atoms with Gasteiger partial charge in [0.25, 0.3) is 0 Å². The Morgan fingerprint density at radius 1 is 0.419 bits per heavy atom.